The molecule has 1 aliphatic heterocycles. The van der Waals surface area contributed by atoms with Crippen LogP contribution < -0.4 is 5.82 Å². The number of aromatic nitrogens is 2. The number of rotatable bonds is 22. The molecule has 0 fully saturated rings. The number of aryl methyl sites for hydroxylation is 1. The van der Waals surface area contributed by atoms with Gasteiger partial charge in [0.2, 0.25) is 0 Å². The van der Waals surface area contributed by atoms with E-state index < -0.39 is 5.82 Å². The molecule has 3 heterocycles. The van der Waals surface area contributed by atoms with Gasteiger partial charge in [-0.1, -0.05) is 44.2 Å². The van der Waals surface area contributed by atoms with Crippen LogP contribution in [0.4, 0.5) is 0 Å². The first-order valence-corrected chi connectivity index (χ1v) is 16.6. The van der Waals surface area contributed by atoms with Crippen LogP contribution >= 0.6 is 0 Å². The number of ether oxygens (including phenoxy) is 1. The maximum atomic E-state index is 12.6. The van der Waals surface area contributed by atoms with Crippen LogP contribution in [0, 0.1) is 6.92 Å². The van der Waals surface area contributed by atoms with E-state index in [1.54, 1.807) is 13.1 Å². The molecule has 11 heteroatoms. The molecule has 2 aromatic heterocycles. The van der Waals surface area contributed by atoms with Crippen molar-refractivity contribution in [1.29, 1.82) is 0 Å². The Morgan fingerprint density at radius 1 is 0.891 bits per heavy atom. The number of carbonyl (C=O) groups is 1. The van der Waals surface area contributed by atoms with Gasteiger partial charge in [0.25, 0.3) is 0 Å². The number of nitrogens with zero attached hydrogens (tertiary/aromatic N) is 5. The number of allylic oxidation sites excluding steroid dienone is 1. The molecule has 0 aliphatic carbocycles. The summed E-state index contributed by atoms with van der Waals surface area (Å²) in [5.41, 5.74) is 3.59. The maximum absolute atomic E-state index is 12.6. The predicted molar refractivity (Wildman–Crippen MR) is 178 cm³/mol. The fourth-order valence-electron chi connectivity index (χ4n) is 5.68. The Balaban J connectivity index is 1.33. The van der Waals surface area contributed by atoms with Gasteiger partial charge in [0.05, 0.1) is 13.0 Å². The Kier molecular flexibility index (Phi) is 14.5. The topological polar surface area (TPSA) is 120 Å². The third-order valence-electron chi connectivity index (χ3n) is 8.00. The highest BCUT2D eigenvalue weighted by molar-refractivity contribution is 5.89. The highest BCUT2D eigenvalue weighted by Gasteiger charge is 2.16. The van der Waals surface area contributed by atoms with Crippen molar-refractivity contribution in [2.24, 2.45) is 4.99 Å². The predicted octanol–water partition coefficient (Wildman–Crippen LogP) is 5.46. The number of benzene rings is 1. The molecule has 0 saturated carbocycles. The molecular formula is C35H50N6O5. The number of H-pyrrole nitrogens is 1. The van der Waals surface area contributed by atoms with Gasteiger partial charge in [0.15, 0.2) is 18.1 Å². The molecular weight excluding hydrogens is 584 g/mol. The monoisotopic (exact) mass is 634 g/mol. The summed E-state index contributed by atoms with van der Waals surface area (Å²) in [4.78, 5) is 43.3. The fraction of sp³-hybridized carbons (Fsp3) is 0.543. The molecule has 0 unspecified atom stereocenters. The molecule has 0 atom stereocenters. The van der Waals surface area contributed by atoms with Gasteiger partial charge in [-0.05, 0) is 69.9 Å². The molecule has 0 spiro atoms. The van der Waals surface area contributed by atoms with Gasteiger partial charge in [-0.2, -0.15) is 0 Å². The minimum Gasteiger partial charge on any atom is -0.457 e. The normalized spacial score (nSPS) is 13.0. The molecule has 11 nitrogen and oxygen atoms in total. The Morgan fingerprint density at radius 2 is 1.59 bits per heavy atom. The lowest BCUT2D eigenvalue weighted by molar-refractivity contribution is -0.145. The van der Waals surface area contributed by atoms with E-state index >= 15 is 0 Å². The molecule has 0 saturated heterocycles. The Labute approximate surface area is 272 Å². The van der Waals surface area contributed by atoms with Crippen molar-refractivity contribution in [3.63, 3.8) is 0 Å². The molecule has 250 valence electrons. The largest absolute Gasteiger partial charge is 0.519 e. The quantitative estimate of drug-likeness (QED) is 0.113. The summed E-state index contributed by atoms with van der Waals surface area (Å²) in [7, 11) is 0. The molecule has 3 aromatic rings. The van der Waals surface area contributed by atoms with Gasteiger partial charge in [-0.15, -0.1) is 0 Å². The number of nitrogens with one attached hydrogen (secondary N) is 1. The minimum atomic E-state index is -0.789. The number of imidazole rings is 1. The smallest absolute Gasteiger partial charge is 0.457 e. The Hall–Kier alpha value is -3.80. The van der Waals surface area contributed by atoms with Gasteiger partial charge in [0, 0.05) is 56.9 Å². The average Bonchev–Trinajstić information content (AvgIpc) is 3.81. The van der Waals surface area contributed by atoms with Crippen molar-refractivity contribution in [3.8, 4) is 0 Å². The summed E-state index contributed by atoms with van der Waals surface area (Å²) in [5, 5.41) is 0. The van der Waals surface area contributed by atoms with E-state index in [0.29, 0.717) is 12.3 Å². The summed E-state index contributed by atoms with van der Waals surface area (Å²) in [6.07, 6.45) is 13.3. The van der Waals surface area contributed by atoms with Gasteiger partial charge in [-0.3, -0.25) is 19.6 Å². The molecule has 4 rings (SSSR count). The second-order valence-corrected chi connectivity index (χ2v) is 12.0. The molecule has 0 bridgehead atoms. The first kappa shape index (κ1) is 35.1. The molecule has 0 amide bonds. The zero-order valence-electron chi connectivity index (χ0n) is 27.7. The van der Waals surface area contributed by atoms with Gasteiger partial charge >= 0.3 is 11.8 Å². The fourth-order valence-corrected chi connectivity index (χ4v) is 5.68. The maximum Gasteiger partial charge on any atom is 0.519 e. The first-order chi connectivity index (χ1) is 22.4. The number of carbonyl (C=O) groups excluding carboxylic acids is 1. The molecule has 46 heavy (non-hydrogen) atoms. The van der Waals surface area contributed by atoms with Crippen LogP contribution in [0.3, 0.4) is 0 Å². The Bertz CT molecular complexity index is 1420. The van der Waals surface area contributed by atoms with E-state index in [4.69, 9.17) is 13.6 Å². The van der Waals surface area contributed by atoms with Gasteiger partial charge < -0.3 is 23.5 Å². The minimum absolute atomic E-state index is 0.108. The van der Waals surface area contributed by atoms with E-state index in [-0.39, 0.29) is 24.8 Å². The van der Waals surface area contributed by atoms with Crippen molar-refractivity contribution in [2.45, 2.75) is 85.5 Å². The van der Waals surface area contributed by atoms with Crippen molar-refractivity contribution < 1.29 is 18.4 Å². The van der Waals surface area contributed by atoms with Crippen LogP contribution in [-0.2, 0) is 35.8 Å². The zero-order valence-corrected chi connectivity index (χ0v) is 27.7. The lowest BCUT2D eigenvalue weighted by Crippen LogP contribution is -2.30. The number of esters is 1. The van der Waals surface area contributed by atoms with Crippen molar-refractivity contribution in [3.05, 3.63) is 88.0 Å². The summed E-state index contributed by atoms with van der Waals surface area (Å²) in [6, 6.07) is 8.77. The van der Waals surface area contributed by atoms with E-state index in [2.05, 4.69) is 73.8 Å². The summed E-state index contributed by atoms with van der Waals surface area (Å²) in [6.45, 7) is 13.9. The molecule has 1 aromatic carbocycles. The van der Waals surface area contributed by atoms with Crippen LogP contribution in [0.1, 0.15) is 80.8 Å². The molecule has 1 aliphatic rings. The van der Waals surface area contributed by atoms with Crippen LogP contribution in [-0.4, -0.2) is 75.6 Å². The van der Waals surface area contributed by atoms with Crippen molar-refractivity contribution >= 4 is 11.7 Å². The zero-order chi connectivity index (χ0) is 32.6. The summed E-state index contributed by atoms with van der Waals surface area (Å²) in [5.74, 6) is 0.391. The third kappa shape index (κ3) is 12.2. The second-order valence-electron chi connectivity index (χ2n) is 12.0. The van der Waals surface area contributed by atoms with Crippen LogP contribution in [0.25, 0.3) is 0 Å². The van der Waals surface area contributed by atoms with Crippen molar-refractivity contribution in [1.82, 2.24) is 24.7 Å². The SMILES string of the molecule is CCCN(CCC)CCCCN(CCC(=O)OCc1oc(=O)oc1C)Cc1ccc(CN(CC2=NC=CC2)Cc2ncc[nH]2)cc1. The lowest BCUT2D eigenvalue weighted by Gasteiger charge is -2.24. The highest BCUT2D eigenvalue weighted by atomic mass is 16.6. The number of unbranched alkanes of at least 4 members (excludes halogenated alkanes) is 1. The van der Waals surface area contributed by atoms with Crippen LogP contribution in [0.2, 0.25) is 0 Å². The number of aliphatic imine (C=N–C) groups is 1. The van der Waals surface area contributed by atoms with Crippen LogP contribution in [0.5, 0.6) is 0 Å². The second kappa shape index (κ2) is 19.0. The van der Waals surface area contributed by atoms with E-state index in [0.717, 1.165) is 83.2 Å². The number of hydrogen-bond acceptors (Lipinski definition) is 10. The number of aromatic amines is 1. The third-order valence-corrected chi connectivity index (χ3v) is 8.00. The number of hydrogen-bond donors (Lipinski definition) is 1. The van der Waals surface area contributed by atoms with Gasteiger partial charge in [-0.25, -0.2) is 9.78 Å². The summed E-state index contributed by atoms with van der Waals surface area (Å²) >= 11 is 0. The van der Waals surface area contributed by atoms with Gasteiger partial charge in [0.1, 0.15) is 5.82 Å². The van der Waals surface area contributed by atoms with Crippen LogP contribution in [0.15, 0.2) is 67.6 Å². The van der Waals surface area contributed by atoms with E-state index in [1.807, 2.05) is 12.4 Å². The first-order valence-electron chi connectivity index (χ1n) is 16.6. The average molecular weight is 635 g/mol. The standard InChI is InChI=1S/C35H50N6O5/c1-4-18-39(19-5-2)20-6-7-21-40(22-14-34(42)44-27-32-28(3)45-35(43)46-32)23-29-10-12-30(13-11-29)24-41(25-31-9-8-15-36-31)26-33-37-16-17-38-33/h8,10-13,15-17H,4-7,9,14,18-27H2,1-3H3,(H,37,38). The van der Waals surface area contributed by atoms with E-state index in [1.165, 1.54) is 24.0 Å². The van der Waals surface area contributed by atoms with Crippen molar-refractivity contribution in [2.75, 3.05) is 39.3 Å². The lowest BCUT2D eigenvalue weighted by atomic mass is 10.1. The molecule has 1 N–H and O–H groups in total. The van der Waals surface area contributed by atoms with E-state index in [9.17, 15) is 9.59 Å². The molecule has 0 radical (unpaired) electrons. The Morgan fingerprint density at radius 3 is 2.17 bits per heavy atom. The highest BCUT2D eigenvalue weighted by Crippen LogP contribution is 2.15. The summed E-state index contributed by atoms with van der Waals surface area (Å²) < 4.78 is 15.2.